The maximum Gasteiger partial charge on any atom is 0.237 e. The molecule has 0 amide bonds. The molecule has 0 radical (unpaired) electrons. The summed E-state index contributed by atoms with van der Waals surface area (Å²) in [6, 6.07) is 9.15. The van der Waals surface area contributed by atoms with Gasteiger partial charge in [0.05, 0.1) is 5.16 Å². The van der Waals surface area contributed by atoms with E-state index in [1.165, 1.54) is 6.08 Å². The number of rotatable bonds is 3. The molecule has 1 aromatic rings. The molecule has 0 aliphatic carbocycles. The Bertz CT molecular complexity index is 346. The number of aliphatic imine (C=N–C) groups is 2. The van der Waals surface area contributed by atoms with Gasteiger partial charge in [-0.1, -0.05) is 30.3 Å². The Kier molecular flexibility index (Phi) is 3.74. The summed E-state index contributed by atoms with van der Waals surface area (Å²) in [6.45, 7) is 0. The first-order chi connectivity index (χ1) is 6.38. The van der Waals surface area contributed by atoms with Gasteiger partial charge in [0.25, 0.3) is 0 Å². The van der Waals surface area contributed by atoms with Crippen LogP contribution in [-0.2, 0) is 4.79 Å². The van der Waals surface area contributed by atoms with Crippen molar-refractivity contribution in [2.24, 2.45) is 9.98 Å². The molecule has 1 atom stereocenters. The zero-order chi connectivity index (χ0) is 9.52. The number of isocyanates is 1. The number of thiocarbonyl (C=S) groups is 1. The van der Waals surface area contributed by atoms with E-state index in [0.29, 0.717) is 0 Å². The summed E-state index contributed by atoms with van der Waals surface area (Å²) in [5.74, 6) is 0. The van der Waals surface area contributed by atoms with Crippen LogP contribution in [0.2, 0.25) is 0 Å². The molecule has 64 valence electrons. The van der Waals surface area contributed by atoms with Crippen LogP contribution in [0.15, 0.2) is 40.3 Å². The Morgan fingerprint density at radius 2 is 1.92 bits per heavy atom. The average molecular weight is 190 g/mol. The van der Waals surface area contributed by atoms with Crippen LogP contribution in [-0.4, -0.2) is 11.2 Å². The van der Waals surface area contributed by atoms with Gasteiger partial charge in [-0.05, 0) is 17.8 Å². The lowest BCUT2D eigenvalue weighted by Gasteiger charge is -2.01. The molecule has 0 spiro atoms. The molecule has 0 fully saturated rings. The molecule has 0 bridgehead atoms. The minimum atomic E-state index is -0.601. The monoisotopic (exact) mass is 190 g/mol. The molecule has 1 aromatic carbocycles. The highest BCUT2D eigenvalue weighted by molar-refractivity contribution is 7.78. The van der Waals surface area contributed by atoms with Gasteiger partial charge in [0.1, 0.15) is 0 Å². The molecule has 0 aliphatic rings. The van der Waals surface area contributed by atoms with E-state index >= 15 is 0 Å². The normalized spacial score (nSPS) is 10.8. The standard InChI is InChI=1S/C9H6N2OS/c12-6-10-9(11-7-13)8-4-2-1-3-5-8/h1-5,9H. The minimum Gasteiger partial charge on any atom is -0.211 e. The number of hydrogen-bond acceptors (Lipinski definition) is 4. The Hall–Kier alpha value is -1.60. The van der Waals surface area contributed by atoms with E-state index in [9.17, 15) is 4.79 Å². The fourth-order valence-electron chi connectivity index (χ4n) is 0.903. The quantitative estimate of drug-likeness (QED) is 0.416. The first-order valence-corrected chi connectivity index (χ1v) is 3.98. The van der Waals surface area contributed by atoms with E-state index in [1.807, 2.05) is 30.3 Å². The van der Waals surface area contributed by atoms with Gasteiger partial charge in [-0.25, -0.2) is 4.79 Å². The highest BCUT2D eigenvalue weighted by atomic mass is 32.1. The summed E-state index contributed by atoms with van der Waals surface area (Å²) in [6.07, 6.45) is 0.845. The van der Waals surface area contributed by atoms with E-state index in [1.54, 1.807) is 0 Å². The van der Waals surface area contributed by atoms with Crippen LogP contribution < -0.4 is 0 Å². The van der Waals surface area contributed by atoms with Crippen LogP contribution in [0.25, 0.3) is 0 Å². The second kappa shape index (κ2) is 5.12. The van der Waals surface area contributed by atoms with Crippen LogP contribution in [0.5, 0.6) is 0 Å². The van der Waals surface area contributed by atoms with Crippen molar-refractivity contribution < 1.29 is 4.79 Å². The third-order valence-corrected chi connectivity index (χ3v) is 1.55. The van der Waals surface area contributed by atoms with Gasteiger partial charge in [0, 0.05) is 0 Å². The molecular weight excluding hydrogens is 184 g/mol. The zero-order valence-electron chi connectivity index (χ0n) is 6.68. The fourth-order valence-corrected chi connectivity index (χ4v) is 1.00. The Labute approximate surface area is 80.8 Å². The molecule has 0 saturated heterocycles. The van der Waals surface area contributed by atoms with Crippen LogP contribution in [0.4, 0.5) is 0 Å². The van der Waals surface area contributed by atoms with E-state index in [0.717, 1.165) is 5.56 Å². The lowest BCUT2D eigenvalue weighted by atomic mass is 10.2. The van der Waals surface area contributed by atoms with Gasteiger partial charge in [-0.2, -0.15) is 9.98 Å². The third kappa shape index (κ3) is 2.73. The van der Waals surface area contributed by atoms with Crippen molar-refractivity contribution in [1.29, 1.82) is 0 Å². The predicted molar refractivity (Wildman–Crippen MR) is 52.3 cm³/mol. The maximum atomic E-state index is 10.0. The topological polar surface area (TPSA) is 41.8 Å². The lowest BCUT2D eigenvalue weighted by molar-refractivity contribution is 0.558. The number of isothiocyanates is 1. The smallest absolute Gasteiger partial charge is 0.211 e. The highest BCUT2D eigenvalue weighted by Gasteiger charge is 2.05. The molecular formula is C9H6N2OS. The van der Waals surface area contributed by atoms with E-state index < -0.39 is 6.17 Å². The zero-order valence-corrected chi connectivity index (χ0v) is 7.49. The lowest BCUT2D eigenvalue weighted by Crippen LogP contribution is -1.89. The Morgan fingerprint density at radius 1 is 1.23 bits per heavy atom. The molecule has 0 aliphatic heterocycles. The third-order valence-electron chi connectivity index (χ3n) is 1.45. The van der Waals surface area contributed by atoms with Crippen molar-refractivity contribution in [2.45, 2.75) is 6.17 Å². The second-order valence-electron chi connectivity index (χ2n) is 2.23. The van der Waals surface area contributed by atoms with Crippen molar-refractivity contribution in [3.63, 3.8) is 0 Å². The van der Waals surface area contributed by atoms with Gasteiger partial charge in [0.15, 0.2) is 6.17 Å². The minimum absolute atomic E-state index is 0.601. The second-order valence-corrected chi connectivity index (χ2v) is 2.41. The van der Waals surface area contributed by atoms with Crippen molar-refractivity contribution >= 4 is 23.5 Å². The van der Waals surface area contributed by atoms with Crippen LogP contribution >= 0.6 is 12.2 Å². The molecule has 4 heteroatoms. The average Bonchev–Trinajstić information content (AvgIpc) is 2.19. The molecule has 0 N–H and O–H groups in total. The molecule has 0 heterocycles. The predicted octanol–water partition coefficient (Wildman–Crippen LogP) is 2.12. The maximum absolute atomic E-state index is 10.0. The number of carbonyl (C=O) groups excluding carboxylic acids is 1. The van der Waals surface area contributed by atoms with Crippen molar-refractivity contribution in [3.8, 4) is 0 Å². The highest BCUT2D eigenvalue weighted by Crippen LogP contribution is 2.16. The summed E-state index contributed by atoms with van der Waals surface area (Å²) in [5.41, 5.74) is 0.795. The molecule has 3 nitrogen and oxygen atoms in total. The Morgan fingerprint density at radius 3 is 2.46 bits per heavy atom. The van der Waals surface area contributed by atoms with Crippen LogP contribution in [0, 0.1) is 0 Å². The SMILES string of the molecule is O=C=NC(N=C=S)c1ccccc1. The van der Waals surface area contributed by atoms with Crippen molar-refractivity contribution in [3.05, 3.63) is 35.9 Å². The first kappa shape index (κ1) is 9.49. The first-order valence-electron chi connectivity index (χ1n) is 3.57. The molecule has 0 saturated carbocycles. The number of nitrogens with zero attached hydrogens (tertiary/aromatic N) is 2. The van der Waals surface area contributed by atoms with Crippen LogP contribution in [0.3, 0.4) is 0 Å². The van der Waals surface area contributed by atoms with Gasteiger partial charge < -0.3 is 0 Å². The molecule has 13 heavy (non-hydrogen) atoms. The van der Waals surface area contributed by atoms with Crippen molar-refractivity contribution in [2.75, 3.05) is 0 Å². The largest absolute Gasteiger partial charge is 0.237 e. The fraction of sp³-hybridized carbons (Fsp3) is 0.111. The van der Waals surface area contributed by atoms with Gasteiger partial charge in [-0.3, -0.25) is 0 Å². The number of benzene rings is 1. The van der Waals surface area contributed by atoms with Gasteiger partial charge >= 0.3 is 0 Å². The van der Waals surface area contributed by atoms with Crippen molar-refractivity contribution in [1.82, 2.24) is 0 Å². The molecule has 1 rings (SSSR count). The van der Waals surface area contributed by atoms with Gasteiger partial charge in [-0.15, -0.1) is 0 Å². The number of hydrogen-bond donors (Lipinski definition) is 0. The Balaban J connectivity index is 3.01. The molecule has 1 unspecified atom stereocenters. The van der Waals surface area contributed by atoms with E-state index in [-0.39, 0.29) is 0 Å². The molecule has 0 aromatic heterocycles. The summed E-state index contributed by atoms with van der Waals surface area (Å²) in [7, 11) is 0. The van der Waals surface area contributed by atoms with E-state index in [4.69, 9.17) is 0 Å². The summed E-state index contributed by atoms with van der Waals surface area (Å²) in [5, 5.41) is 2.19. The summed E-state index contributed by atoms with van der Waals surface area (Å²) < 4.78 is 0. The van der Waals surface area contributed by atoms with Crippen LogP contribution in [0.1, 0.15) is 11.7 Å². The summed E-state index contributed by atoms with van der Waals surface area (Å²) in [4.78, 5) is 17.3. The van der Waals surface area contributed by atoms with E-state index in [2.05, 4.69) is 27.4 Å². The summed E-state index contributed by atoms with van der Waals surface area (Å²) >= 11 is 4.44. The van der Waals surface area contributed by atoms with Gasteiger partial charge in [0.2, 0.25) is 6.08 Å².